The van der Waals surface area contributed by atoms with Crippen LogP contribution in [0, 0.1) is 6.92 Å². The van der Waals surface area contributed by atoms with Crippen LogP contribution < -0.4 is 11.5 Å². The van der Waals surface area contributed by atoms with E-state index in [2.05, 4.69) is 4.98 Å². The number of aryl methyl sites for hydroxylation is 1. The highest BCUT2D eigenvalue weighted by Crippen LogP contribution is 2.21. The summed E-state index contributed by atoms with van der Waals surface area (Å²) < 4.78 is 5.23. The molecule has 0 aromatic carbocycles. The standard InChI is InChI=1S/C12H15N3O/c1-8-10(4-6-16-8)11(13)7-9-3-2-5-15-12(9)14/h2-6,11H,7,13H2,1H3,(H2,14,15). The third-order valence-electron chi connectivity index (χ3n) is 2.66. The summed E-state index contributed by atoms with van der Waals surface area (Å²) in [5.41, 5.74) is 13.9. The van der Waals surface area contributed by atoms with Crippen LogP contribution in [0.5, 0.6) is 0 Å². The molecule has 4 nitrogen and oxygen atoms in total. The van der Waals surface area contributed by atoms with Gasteiger partial charge in [0.25, 0.3) is 0 Å². The van der Waals surface area contributed by atoms with Crippen LogP contribution in [-0.2, 0) is 6.42 Å². The largest absolute Gasteiger partial charge is 0.469 e. The summed E-state index contributed by atoms with van der Waals surface area (Å²) in [5.74, 6) is 1.40. The SMILES string of the molecule is Cc1occc1C(N)Cc1cccnc1N. The van der Waals surface area contributed by atoms with E-state index in [-0.39, 0.29) is 6.04 Å². The molecule has 16 heavy (non-hydrogen) atoms. The van der Waals surface area contributed by atoms with Crippen molar-refractivity contribution >= 4 is 5.82 Å². The zero-order valence-electron chi connectivity index (χ0n) is 9.18. The van der Waals surface area contributed by atoms with Crippen molar-refractivity contribution in [1.82, 2.24) is 4.98 Å². The van der Waals surface area contributed by atoms with E-state index in [1.54, 1.807) is 12.5 Å². The molecule has 0 aliphatic rings. The summed E-state index contributed by atoms with van der Waals surface area (Å²) in [7, 11) is 0. The number of nitrogens with two attached hydrogens (primary N) is 2. The lowest BCUT2D eigenvalue weighted by molar-refractivity contribution is 0.524. The number of furan rings is 1. The normalized spacial score (nSPS) is 12.6. The predicted molar refractivity (Wildman–Crippen MR) is 62.7 cm³/mol. The van der Waals surface area contributed by atoms with Gasteiger partial charge in [0.05, 0.1) is 6.26 Å². The number of hydrogen-bond acceptors (Lipinski definition) is 4. The Bertz CT molecular complexity index is 479. The summed E-state index contributed by atoms with van der Waals surface area (Å²) in [6.45, 7) is 1.90. The Kier molecular flexibility index (Phi) is 2.92. The Labute approximate surface area is 94.3 Å². The Hall–Kier alpha value is -1.81. The second kappa shape index (κ2) is 4.37. The predicted octanol–water partition coefficient (Wildman–Crippen LogP) is 1.81. The molecule has 1 atom stereocenters. The molecule has 4 N–H and O–H groups in total. The van der Waals surface area contributed by atoms with Gasteiger partial charge in [-0.2, -0.15) is 0 Å². The molecular weight excluding hydrogens is 202 g/mol. The fraction of sp³-hybridized carbons (Fsp3) is 0.250. The zero-order chi connectivity index (χ0) is 11.5. The molecule has 2 rings (SSSR count). The molecule has 0 fully saturated rings. The first-order valence-electron chi connectivity index (χ1n) is 5.17. The van der Waals surface area contributed by atoms with Crippen LogP contribution in [-0.4, -0.2) is 4.98 Å². The smallest absolute Gasteiger partial charge is 0.126 e. The lowest BCUT2D eigenvalue weighted by Gasteiger charge is -2.11. The highest BCUT2D eigenvalue weighted by molar-refractivity contribution is 5.39. The van der Waals surface area contributed by atoms with Gasteiger partial charge in [0, 0.05) is 17.8 Å². The number of anilines is 1. The topological polar surface area (TPSA) is 78.1 Å². The minimum absolute atomic E-state index is 0.106. The first kappa shape index (κ1) is 10.7. The van der Waals surface area contributed by atoms with E-state index in [1.807, 2.05) is 25.1 Å². The highest BCUT2D eigenvalue weighted by Gasteiger charge is 2.13. The number of nitrogens with zero attached hydrogens (tertiary/aromatic N) is 1. The van der Waals surface area contributed by atoms with Gasteiger partial charge in [0.2, 0.25) is 0 Å². The summed E-state index contributed by atoms with van der Waals surface area (Å²) in [6.07, 6.45) is 3.99. The average molecular weight is 217 g/mol. The Morgan fingerprint density at radius 1 is 1.44 bits per heavy atom. The summed E-state index contributed by atoms with van der Waals surface area (Å²) in [4.78, 5) is 4.03. The molecule has 0 amide bonds. The van der Waals surface area contributed by atoms with Crippen molar-refractivity contribution in [2.24, 2.45) is 5.73 Å². The molecule has 0 saturated heterocycles. The van der Waals surface area contributed by atoms with Gasteiger partial charge >= 0.3 is 0 Å². The van der Waals surface area contributed by atoms with Crippen LogP contribution in [0.4, 0.5) is 5.82 Å². The van der Waals surface area contributed by atoms with E-state index in [9.17, 15) is 0 Å². The van der Waals surface area contributed by atoms with Crippen LogP contribution in [0.2, 0.25) is 0 Å². The minimum Gasteiger partial charge on any atom is -0.469 e. The maximum atomic E-state index is 6.10. The zero-order valence-corrected chi connectivity index (χ0v) is 9.18. The minimum atomic E-state index is -0.106. The molecule has 0 radical (unpaired) electrons. The lowest BCUT2D eigenvalue weighted by Crippen LogP contribution is -2.14. The van der Waals surface area contributed by atoms with Crippen molar-refractivity contribution in [2.75, 3.05) is 5.73 Å². The molecule has 2 aromatic heterocycles. The van der Waals surface area contributed by atoms with E-state index < -0.39 is 0 Å². The maximum Gasteiger partial charge on any atom is 0.126 e. The Morgan fingerprint density at radius 2 is 2.25 bits per heavy atom. The van der Waals surface area contributed by atoms with Crippen molar-refractivity contribution in [3.8, 4) is 0 Å². The van der Waals surface area contributed by atoms with E-state index in [0.29, 0.717) is 12.2 Å². The van der Waals surface area contributed by atoms with Gasteiger partial charge < -0.3 is 15.9 Å². The Balaban J connectivity index is 2.17. The van der Waals surface area contributed by atoms with E-state index in [0.717, 1.165) is 16.9 Å². The number of rotatable bonds is 3. The van der Waals surface area contributed by atoms with Gasteiger partial charge in [-0.05, 0) is 31.0 Å². The fourth-order valence-corrected chi connectivity index (χ4v) is 1.75. The molecule has 2 aromatic rings. The summed E-state index contributed by atoms with van der Waals surface area (Å²) in [5, 5.41) is 0. The fourth-order valence-electron chi connectivity index (χ4n) is 1.75. The molecule has 4 heteroatoms. The van der Waals surface area contributed by atoms with Crippen molar-refractivity contribution in [1.29, 1.82) is 0 Å². The second-order valence-electron chi connectivity index (χ2n) is 3.79. The van der Waals surface area contributed by atoms with E-state index >= 15 is 0 Å². The maximum absolute atomic E-state index is 6.10. The average Bonchev–Trinajstić information content (AvgIpc) is 2.68. The van der Waals surface area contributed by atoms with Crippen LogP contribution in [0.1, 0.15) is 22.9 Å². The molecule has 1 unspecified atom stereocenters. The molecule has 0 spiro atoms. The quantitative estimate of drug-likeness (QED) is 0.821. The van der Waals surface area contributed by atoms with Crippen LogP contribution >= 0.6 is 0 Å². The van der Waals surface area contributed by atoms with Crippen molar-refractivity contribution in [3.05, 3.63) is 47.5 Å². The molecule has 0 bridgehead atoms. The van der Waals surface area contributed by atoms with Gasteiger partial charge in [-0.25, -0.2) is 4.98 Å². The molecular formula is C12H15N3O. The first-order valence-corrected chi connectivity index (χ1v) is 5.17. The van der Waals surface area contributed by atoms with Crippen LogP contribution in [0.3, 0.4) is 0 Å². The first-order chi connectivity index (χ1) is 7.68. The molecule has 0 aliphatic carbocycles. The monoisotopic (exact) mass is 217 g/mol. The summed E-state index contributed by atoms with van der Waals surface area (Å²) in [6, 6.07) is 5.59. The van der Waals surface area contributed by atoms with Gasteiger partial charge in [-0.3, -0.25) is 0 Å². The van der Waals surface area contributed by atoms with Crippen molar-refractivity contribution < 1.29 is 4.42 Å². The number of pyridine rings is 1. The molecule has 0 saturated carbocycles. The molecule has 84 valence electrons. The van der Waals surface area contributed by atoms with Gasteiger partial charge in [-0.1, -0.05) is 6.07 Å². The van der Waals surface area contributed by atoms with Crippen LogP contribution in [0.25, 0.3) is 0 Å². The van der Waals surface area contributed by atoms with Crippen LogP contribution in [0.15, 0.2) is 35.1 Å². The van der Waals surface area contributed by atoms with E-state index in [4.69, 9.17) is 15.9 Å². The van der Waals surface area contributed by atoms with Gasteiger partial charge in [-0.15, -0.1) is 0 Å². The second-order valence-corrected chi connectivity index (χ2v) is 3.79. The van der Waals surface area contributed by atoms with Gasteiger partial charge in [0.15, 0.2) is 0 Å². The van der Waals surface area contributed by atoms with Crippen molar-refractivity contribution in [3.63, 3.8) is 0 Å². The number of nitrogen functional groups attached to an aromatic ring is 1. The highest BCUT2D eigenvalue weighted by atomic mass is 16.3. The van der Waals surface area contributed by atoms with Crippen molar-refractivity contribution in [2.45, 2.75) is 19.4 Å². The Morgan fingerprint density at radius 3 is 2.88 bits per heavy atom. The molecule has 2 heterocycles. The lowest BCUT2D eigenvalue weighted by atomic mass is 10.0. The number of aromatic nitrogens is 1. The third kappa shape index (κ3) is 2.06. The summed E-state index contributed by atoms with van der Waals surface area (Å²) >= 11 is 0. The number of hydrogen-bond donors (Lipinski definition) is 2. The van der Waals surface area contributed by atoms with E-state index in [1.165, 1.54) is 0 Å². The van der Waals surface area contributed by atoms with Gasteiger partial charge in [0.1, 0.15) is 11.6 Å². The molecule has 0 aliphatic heterocycles. The third-order valence-corrected chi connectivity index (χ3v) is 2.66.